The number of hydrogen-bond donors (Lipinski definition) is 1. The molecule has 82 valence electrons. The van der Waals surface area contributed by atoms with Crippen LogP contribution in [0.15, 0.2) is 16.8 Å². The van der Waals surface area contributed by atoms with Gasteiger partial charge in [-0.2, -0.15) is 0 Å². The largest absolute Gasteiger partial charge is 0.477 e. The summed E-state index contributed by atoms with van der Waals surface area (Å²) in [6.07, 6.45) is 2.33. The maximum atomic E-state index is 10.7. The van der Waals surface area contributed by atoms with Crippen LogP contribution in [0.25, 0.3) is 0 Å². The Labute approximate surface area is 88.7 Å². The smallest absolute Gasteiger partial charge is 0.354 e. The third-order valence-corrected chi connectivity index (χ3v) is 2.81. The number of amidine groups is 1. The Kier molecular flexibility index (Phi) is 2.73. The van der Waals surface area contributed by atoms with Crippen LogP contribution in [-0.2, 0) is 4.79 Å². The van der Waals surface area contributed by atoms with Crippen LogP contribution in [0.5, 0.6) is 0 Å². The molecule has 0 radical (unpaired) electrons. The second kappa shape index (κ2) is 4.02. The minimum Gasteiger partial charge on any atom is -0.477 e. The van der Waals surface area contributed by atoms with Crippen LogP contribution in [0.2, 0.25) is 0 Å². The predicted octanol–water partition coefficient (Wildman–Crippen LogP) is 0.00450. The van der Waals surface area contributed by atoms with Crippen LogP contribution in [0, 0.1) is 0 Å². The van der Waals surface area contributed by atoms with E-state index in [-0.39, 0.29) is 5.70 Å². The molecule has 0 aromatic heterocycles. The van der Waals surface area contributed by atoms with Gasteiger partial charge < -0.3 is 14.9 Å². The number of nitrogens with zero attached hydrogens (tertiary/aromatic N) is 3. The maximum absolute atomic E-state index is 10.7. The van der Waals surface area contributed by atoms with E-state index in [4.69, 9.17) is 5.11 Å². The molecule has 2 rings (SSSR count). The molecule has 2 aliphatic rings. The zero-order valence-electron chi connectivity index (χ0n) is 8.81. The predicted molar refractivity (Wildman–Crippen MR) is 56.8 cm³/mol. The molecule has 5 nitrogen and oxygen atoms in total. The standard InChI is InChI=1S/C10H15N3O2/c1-12-4-6-13(7-5-12)9-3-2-8(11-9)10(14)15/h2H,3-7H2,1H3,(H,14,15). The lowest BCUT2D eigenvalue weighted by Crippen LogP contribution is -2.46. The van der Waals surface area contributed by atoms with Gasteiger partial charge in [-0.3, -0.25) is 0 Å². The van der Waals surface area contributed by atoms with Gasteiger partial charge in [0.15, 0.2) is 0 Å². The summed E-state index contributed by atoms with van der Waals surface area (Å²) in [5.74, 6) is -0.0281. The number of aliphatic carboxylic acids is 1. The van der Waals surface area contributed by atoms with E-state index in [1.54, 1.807) is 6.08 Å². The fourth-order valence-corrected chi connectivity index (χ4v) is 1.82. The topological polar surface area (TPSA) is 56.1 Å². The summed E-state index contributed by atoms with van der Waals surface area (Å²) in [5.41, 5.74) is 0.184. The van der Waals surface area contributed by atoms with Gasteiger partial charge in [0.2, 0.25) is 0 Å². The Morgan fingerprint density at radius 2 is 2.07 bits per heavy atom. The van der Waals surface area contributed by atoms with Gasteiger partial charge in [-0.15, -0.1) is 0 Å². The fourth-order valence-electron chi connectivity index (χ4n) is 1.82. The molecule has 2 heterocycles. The number of carboxylic acid groups (broad SMARTS) is 1. The molecule has 0 amide bonds. The number of carboxylic acids is 1. The van der Waals surface area contributed by atoms with Crippen LogP contribution in [0.3, 0.4) is 0 Å². The molecule has 2 aliphatic heterocycles. The highest BCUT2D eigenvalue weighted by Crippen LogP contribution is 2.14. The fraction of sp³-hybridized carbons (Fsp3) is 0.600. The SMILES string of the molecule is CN1CCN(C2=NC(C(=O)O)=CC2)CC1. The molecule has 1 N–H and O–H groups in total. The van der Waals surface area contributed by atoms with E-state index >= 15 is 0 Å². The van der Waals surface area contributed by atoms with Gasteiger partial charge >= 0.3 is 5.97 Å². The van der Waals surface area contributed by atoms with Crippen LogP contribution in [-0.4, -0.2) is 59.9 Å². The van der Waals surface area contributed by atoms with E-state index in [2.05, 4.69) is 21.8 Å². The monoisotopic (exact) mass is 209 g/mol. The summed E-state index contributed by atoms with van der Waals surface area (Å²) in [4.78, 5) is 19.2. The van der Waals surface area contributed by atoms with Crippen molar-refractivity contribution in [1.82, 2.24) is 9.80 Å². The van der Waals surface area contributed by atoms with Crippen LogP contribution >= 0.6 is 0 Å². The first kappa shape index (κ1) is 10.2. The number of likely N-dealkylation sites (N-methyl/N-ethyl adjacent to an activating group) is 1. The lowest BCUT2D eigenvalue weighted by Gasteiger charge is -2.33. The molecule has 1 saturated heterocycles. The van der Waals surface area contributed by atoms with Crippen molar-refractivity contribution in [2.75, 3.05) is 33.2 Å². The van der Waals surface area contributed by atoms with Crippen molar-refractivity contribution in [3.8, 4) is 0 Å². The Morgan fingerprint density at radius 1 is 1.40 bits per heavy atom. The summed E-state index contributed by atoms with van der Waals surface area (Å²) < 4.78 is 0. The Bertz CT molecular complexity index is 328. The third-order valence-electron chi connectivity index (χ3n) is 2.81. The Morgan fingerprint density at radius 3 is 2.60 bits per heavy atom. The first-order chi connectivity index (χ1) is 7.16. The van der Waals surface area contributed by atoms with Crippen LogP contribution in [0.4, 0.5) is 0 Å². The summed E-state index contributed by atoms with van der Waals surface area (Å²) in [7, 11) is 2.09. The van der Waals surface area contributed by atoms with Gasteiger partial charge in [0.25, 0.3) is 0 Å². The lowest BCUT2D eigenvalue weighted by molar-refractivity contribution is -0.132. The third kappa shape index (κ3) is 2.18. The van der Waals surface area contributed by atoms with Crippen molar-refractivity contribution in [3.05, 3.63) is 11.8 Å². The summed E-state index contributed by atoms with van der Waals surface area (Å²) in [6, 6.07) is 0. The average molecular weight is 209 g/mol. The van der Waals surface area contributed by atoms with Gasteiger partial charge in [0, 0.05) is 32.6 Å². The van der Waals surface area contributed by atoms with Gasteiger partial charge in [-0.1, -0.05) is 0 Å². The van der Waals surface area contributed by atoms with E-state index in [0.717, 1.165) is 32.0 Å². The lowest BCUT2D eigenvalue weighted by atomic mass is 10.3. The van der Waals surface area contributed by atoms with E-state index in [0.29, 0.717) is 6.42 Å². The van der Waals surface area contributed by atoms with E-state index in [9.17, 15) is 4.79 Å². The van der Waals surface area contributed by atoms with Crippen molar-refractivity contribution in [2.24, 2.45) is 4.99 Å². The van der Waals surface area contributed by atoms with Crippen LogP contribution < -0.4 is 0 Å². The zero-order chi connectivity index (χ0) is 10.8. The number of carbonyl (C=O) groups is 1. The van der Waals surface area contributed by atoms with E-state index in [1.165, 1.54) is 0 Å². The molecule has 0 bridgehead atoms. The molecule has 15 heavy (non-hydrogen) atoms. The van der Waals surface area contributed by atoms with Crippen molar-refractivity contribution >= 4 is 11.8 Å². The molecule has 5 heteroatoms. The number of piperazine rings is 1. The minimum atomic E-state index is -0.931. The second-order valence-corrected chi connectivity index (χ2v) is 3.92. The minimum absolute atomic E-state index is 0.184. The molecular formula is C10H15N3O2. The van der Waals surface area contributed by atoms with Crippen molar-refractivity contribution in [3.63, 3.8) is 0 Å². The molecule has 0 atom stereocenters. The Hall–Kier alpha value is -1.36. The summed E-state index contributed by atoms with van der Waals surface area (Å²) >= 11 is 0. The normalized spacial score (nSPS) is 22.6. The average Bonchev–Trinajstić information content (AvgIpc) is 2.68. The molecule has 1 fully saturated rings. The van der Waals surface area contributed by atoms with Gasteiger partial charge in [0.1, 0.15) is 11.5 Å². The molecule has 0 unspecified atom stereocenters. The van der Waals surface area contributed by atoms with Gasteiger partial charge in [-0.05, 0) is 13.1 Å². The summed E-state index contributed by atoms with van der Waals surface area (Å²) in [6.45, 7) is 3.91. The quantitative estimate of drug-likeness (QED) is 0.660. The van der Waals surface area contributed by atoms with Crippen LogP contribution in [0.1, 0.15) is 6.42 Å². The molecular weight excluding hydrogens is 194 g/mol. The first-order valence-corrected chi connectivity index (χ1v) is 5.11. The zero-order valence-corrected chi connectivity index (χ0v) is 8.81. The summed E-state index contributed by atoms with van der Waals surface area (Å²) in [5, 5.41) is 8.77. The highest BCUT2D eigenvalue weighted by Gasteiger charge is 2.21. The van der Waals surface area contributed by atoms with Crippen molar-refractivity contribution in [2.45, 2.75) is 6.42 Å². The maximum Gasteiger partial charge on any atom is 0.354 e. The van der Waals surface area contributed by atoms with Crippen molar-refractivity contribution < 1.29 is 9.90 Å². The molecule has 0 aromatic rings. The molecule has 0 aliphatic carbocycles. The van der Waals surface area contributed by atoms with Gasteiger partial charge in [0.05, 0.1) is 0 Å². The molecule has 0 saturated carbocycles. The molecule has 0 aromatic carbocycles. The van der Waals surface area contributed by atoms with E-state index < -0.39 is 5.97 Å². The highest BCUT2D eigenvalue weighted by molar-refractivity contribution is 5.97. The second-order valence-electron chi connectivity index (χ2n) is 3.92. The number of aliphatic imine (C=N–C) groups is 1. The Balaban J connectivity index is 1.97. The first-order valence-electron chi connectivity index (χ1n) is 5.11. The number of rotatable bonds is 1. The highest BCUT2D eigenvalue weighted by atomic mass is 16.4. The number of hydrogen-bond acceptors (Lipinski definition) is 4. The molecule has 0 spiro atoms. The van der Waals surface area contributed by atoms with Gasteiger partial charge in [-0.25, -0.2) is 9.79 Å². The van der Waals surface area contributed by atoms with Crippen molar-refractivity contribution in [1.29, 1.82) is 0 Å². The van der Waals surface area contributed by atoms with E-state index in [1.807, 2.05) is 0 Å².